The van der Waals surface area contributed by atoms with E-state index in [9.17, 15) is 4.79 Å². The predicted octanol–water partition coefficient (Wildman–Crippen LogP) is 2.53. The van der Waals surface area contributed by atoms with Crippen LogP contribution in [0.5, 0.6) is 0 Å². The number of hydrogen-bond acceptors (Lipinski definition) is 1. The Kier molecular flexibility index (Phi) is 3.12. The quantitative estimate of drug-likeness (QED) is 0.706. The third-order valence-corrected chi connectivity index (χ3v) is 2.91. The highest BCUT2D eigenvalue weighted by Crippen LogP contribution is 2.34. The maximum Gasteiger partial charge on any atom is 0.306 e. The van der Waals surface area contributed by atoms with Crippen molar-refractivity contribution in [3.05, 3.63) is 0 Å². The fourth-order valence-corrected chi connectivity index (χ4v) is 2.14. The molecule has 12 heavy (non-hydrogen) atoms. The van der Waals surface area contributed by atoms with Crippen LogP contribution in [0.15, 0.2) is 0 Å². The normalized spacial score (nSPS) is 31.8. The summed E-state index contributed by atoms with van der Waals surface area (Å²) in [5.41, 5.74) is 0. The number of carboxylic acids is 1. The maximum absolute atomic E-state index is 10.6. The summed E-state index contributed by atoms with van der Waals surface area (Å²) in [5.74, 6) is 0.692. The van der Waals surface area contributed by atoms with Gasteiger partial charge >= 0.3 is 5.97 Å². The number of carbonyl (C=O) groups is 1. The van der Waals surface area contributed by atoms with E-state index in [1.54, 1.807) is 0 Å². The van der Waals surface area contributed by atoms with E-state index >= 15 is 0 Å². The topological polar surface area (TPSA) is 37.3 Å². The molecule has 1 rings (SSSR count). The predicted molar refractivity (Wildman–Crippen MR) is 47.9 cm³/mol. The summed E-state index contributed by atoms with van der Waals surface area (Å²) < 4.78 is 0. The van der Waals surface area contributed by atoms with Crippen LogP contribution in [-0.2, 0) is 4.79 Å². The van der Waals surface area contributed by atoms with Crippen molar-refractivity contribution in [2.75, 3.05) is 0 Å². The van der Waals surface area contributed by atoms with Gasteiger partial charge in [0.15, 0.2) is 0 Å². The third kappa shape index (κ3) is 2.50. The molecule has 0 spiro atoms. The summed E-state index contributed by atoms with van der Waals surface area (Å²) in [6, 6.07) is 0. The van der Waals surface area contributed by atoms with Gasteiger partial charge in [0.1, 0.15) is 0 Å². The number of rotatable bonds is 3. The van der Waals surface area contributed by atoms with Gasteiger partial charge in [0.05, 0.1) is 5.92 Å². The Hall–Kier alpha value is -0.530. The van der Waals surface area contributed by atoms with Crippen molar-refractivity contribution in [3.8, 4) is 0 Å². The molecule has 1 aliphatic carbocycles. The van der Waals surface area contributed by atoms with Crippen LogP contribution >= 0.6 is 0 Å². The van der Waals surface area contributed by atoms with Gasteiger partial charge in [0.2, 0.25) is 0 Å². The van der Waals surface area contributed by atoms with Crippen LogP contribution in [0.2, 0.25) is 0 Å². The molecular formula is C10H18O2. The molecule has 2 nitrogen and oxygen atoms in total. The average Bonchev–Trinajstić information content (AvgIpc) is 2.35. The molecule has 0 saturated heterocycles. The molecule has 0 aromatic carbocycles. The number of aliphatic carboxylic acids is 1. The molecule has 0 aliphatic heterocycles. The zero-order valence-corrected chi connectivity index (χ0v) is 7.92. The molecule has 3 unspecified atom stereocenters. The first-order chi connectivity index (χ1) is 5.59. The van der Waals surface area contributed by atoms with Crippen LogP contribution in [0.3, 0.4) is 0 Å². The molecule has 1 fully saturated rings. The number of hydrogen-bond donors (Lipinski definition) is 1. The van der Waals surface area contributed by atoms with E-state index in [1.165, 1.54) is 19.3 Å². The smallest absolute Gasteiger partial charge is 0.306 e. The summed E-state index contributed by atoms with van der Waals surface area (Å²) in [6.45, 7) is 4.07. The molecular weight excluding hydrogens is 152 g/mol. The largest absolute Gasteiger partial charge is 0.481 e. The number of carboxylic acid groups (broad SMARTS) is 1. The van der Waals surface area contributed by atoms with Crippen molar-refractivity contribution in [3.63, 3.8) is 0 Å². The van der Waals surface area contributed by atoms with Crippen LogP contribution in [0.1, 0.15) is 39.5 Å². The third-order valence-electron chi connectivity index (χ3n) is 2.91. The van der Waals surface area contributed by atoms with E-state index in [2.05, 4.69) is 6.92 Å². The Balaban J connectivity index is 2.27. The zero-order valence-electron chi connectivity index (χ0n) is 7.92. The molecule has 1 N–H and O–H groups in total. The minimum absolute atomic E-state index is 0.153. The summed E-state index contributed by atoms with van der Waals surface area (Å²) in [7, 11) is 0. The minimum Gasteiger partial charge on any atom is -0.481 e. The highest BCUT2D eigenvalue weighted by Gasteiger charge is 2.24. The van der Waals surface area contributed by atoms with Crippen LogP contribution < -0.4 is 0 Å². The van der Waals surface area contributed by atoms with E-state index in [1.807, 2.05) is 6.92 Å². The fourth-order valence-electron chi connectivity index (χ4n) is 2.14. The Morgan fingerprint density at radius 3 is 2.67 bits per heavy atom. The first-order valence-corrected chi connectivity index (χ1v) is 4.82. The lowest BCUT2D eigenvalue weighted by molar-refractivity contribution is -0.141. The van der Waals surface area contributed by atoms with E-state index in [4.69, 9.17) is 5.11 Å². The van der Waals surface area contributed by atoms with Crippen molar-refractivity contribution in [1.82, 2.24) is 0 Å². The summed E-state index contributed by atoms with van der Waals surface area (Å²) in [5, 5.41) is 8.71. The van der Waals surface area contributed by atoms with Gasteiger partial charge in [-0.1, -0.05) is 26.7 Å². The molecule has 0 bridgehead atoms. The Bertz CT molecular complexity index is 165. The van der Waals surface area contributed by atoms with Crippen LogP contribution in [-0.4, -0.2) is 11.1 Å². The van der Waals surface area contributed by atoms with Crippen molar-refractivity contribution < 1.29 is 9.90 Å². The first kappa shape index (κ1) is 9.56. The molecule has 0 radical (unpaired) electrons. The molecule has 1 aliphatic rings. The molecule has 1 saturated carbocycles. The molecule has 0 amide bonds. The standard InChI is InChI=1S/C10H18O2/c1-7-3-4-9(5-7)6-8(2)10(11)12/h7-9H,3-6H2,1-2H3,(H,11,12). The van der Waals surface area contributed by atoms with E-state index < -0.39 is 5.97 Å². The zero-order chi connectivity index (χ0) is 9.14. The molecule has 2 heteroatoms. The molecule has 3 atom stereocenters. The van der Waals surface area contributed by atoms with Crippen LogP contribution in [0.25, 0.3) is 0 Å². The van der Waals surface area contributed by atoms with Gasteiger partial charge in [-0.3, -0.25) is 4.79 Å². The summed E-state index contributed by atoms with van der Waals surface area (Å²) >= 11 is 0. The van der Waals surface area contributed by atoms with Crippen molar-refractivity contribution >= 4 is 5.97 Å². The van der Waals surface area contributed by atoms with E-state index in [0.717, 1.165) is 12.3 Å². The van der Waals surface area contributed by atoms with Crippen molar-refractivity contribution in [2.24, 2.45) is 17.8 Å². The highest BCUT2D eigenvalue weighted by molar-refractivity contribution is 5.69. The van der Waals surface area contributed by atoms with E-state index in [0.29, 0.717) is 5.92 Å². The lowest BCUT2D eigenvalue weighted by Gasteiger charge is -2.12. The van der Waals surface area contributed by atoms with E-state index in [-0.39, 0.29) is 5.92 Å². The Morgan fingerprint density at radius 2 is 2.25 bits per heavy atom. The Labute approximate surface area is 74.0 Å². The summed E-state index contributed by atoms with van der Waals surface area (Å²) in [4.78, 5) is 10.6. The van der Waals surface area contributed by atoms with Gasteiger partial charge in [-0.15, -0.1) is 0 Å². The Morgan fingerprint density at radius 1 is 1.58 bits per heavy atom. The lowest BCUT2D eigenvalue weighted by atomic mass is 9.94. The van der Waals surface area contributed by atoms with Crippen molar-refractivity contribution in [2.45, 2.75) is 39.5 Å². The highest BCUT2D eigenvalue weighted by atomic mass is 16.4. The van der Waals surface area contributed by atoms with Gasteiger partial charge in [-0.05, 0) is 24.7 Å². The van der Waals surface area contributed by atoms with Gasteiger partial charge in [0, 0.05) is 0 Å². The molecule has 70 valence electrons. The summed E-state index contributed by atoms with van der Waals surface area (Å²) in [6.07, 6.45) is 4.63. The molecule has 0 aromatic heterocycles. The van der Waals surface area contributed by atoms with Gasteiger partial charge in [-0.2, -0.15) is 0 Å². The second-order valence-corrected chi connectivity index (χ2v) is 4.26. The van der Waals surface area contributed by atoms with Crippen LogP contribution in [0.4, 0.5) is 0 Å². The molecule has 0 aromatic rings. The lowest BCUT2D eigenvalue weighted by Crippen LogP contribution is -2.13. The van der Waals surface area contributed by atoms with Crippen molar-refractivity contribution in [1.29, 1.82) is 0 Å². The first-order valence-electron chi connectivity index (χ1n) is 4.82. The fraction of sp³-hybridized carbons (Fsp3) is 0.900. The minimum atomic E-state index is -0.644. The SMILES string of the molecule is CC1CCC(CC(C)C(=O)O)C1. The van der Waals surface area contributed by atoms with Crippen LogP contribution in [0, 0.1) is 17.8 Å². The average molecular weight is 170 g/mol. The monoisotopic (exact) mass is 170 g/mol. The molecule has 0 heterocycles. The van der Waals surface area contributed by atoms with Gasteiger partial charge in [-0.25, -0.2) is 0 Å². The van der Waals surface area contributed by atoms with Gasteiger partial charge in [0.25, 0.3) is 0 Å². The second kappa shape index (κ2) is 3.92. The maximum atomic E-state index is 10.6. The second-order valence-electron chi connectivity index (χ2n) is 4.26. The van der Waals surface area contributed by atoms with Gasteiger partial charge < -0.3 is 5.11 Å².